The van der Waals surface area contributed by atoms with Gasteiger partial charge in [-0.25, -0.2) is 4.52 Å². The van der Waals surface area contributed by atoms with Crippen molar-refractivity contribution in [1.82, 2.24) is 19.8 Å². The molecule has 2 aromatic rings. The predicted molar refractivity (Wildman–Crippen MR) is 82.1 cm³/mol. The number of hydrogen-bond donors (Lipinski definition) is 1. The van der Waals surface area contributed by atoms with Crippen LogP contribution in [-0.2, 0) is 9.53 Å². The molecule has 2 amide bonds. The van der Waals surface area contributed by atoms with Crippen LogP contribution in [0.15, 0.2) is 24.5 Å². The summed E-state index contributed by atoms with van der Waals surface area (Å²) in [5, 5.41) is 7.09. The van der Waals surface area contributed by atoms with Crippen molar-refractivity contribution in [3.63, 3.8) is 0 Å². The number of carbonyl (C=O) groups is 2. The SMILES string of the molecule is Cc1ccc2c(C(=O)N3CCC4(CNC(=O)CO4)C3)cnn2c1. The third-order valence-corrected chi connectivity index (χ3v) is 4.62. The average Bonchev–Trinajstić information content (AvgIpc) is 3.14. The van der Waals surface area contributed by atoms with Crippen molar-refractivity contribution in [2.45, 2.75) is 18.9 Å². The number of morpholine rings is 1. The lowest BCUT2D eigenvalue weighted by Crippen LogP contribution is -2.54. The number of nitrogens with zero attached hydrogens (tertiary/aromatic N) is 3. The maximum absolute atomic E-state index is 12.8. The molecular weight excluding hydrogens is 296 g/mol. The first-order chi connectivity index (χ1) is 11.1. The van der Waals surface area contributed by atoms with Crippen LogP contribution in [0.25, 0.3) is 5.52 Å². The number of carbonyl (C=O) groups excluding carboxylic acids is 2. The number of amides is 2. The minimum absolute atomic E-state index is 0.0405. The first kappa shape index (κ1) is 14.2. The molecule has 23 heavy (non-hydrogen) atoms. The van der Waals surface area contributed by atoms with Crippen LogP contribution in [0.4, 0.5) is 0 Å². The molecule has 0 radical (unpaired) electrons. The number of fused-ring (bicyclic) bond motifs is 1. The van der Waals surface area contributed by atoms with Crippen LogP contribution in [-0.4, -0.2) is 58.2 Å². The summed E-state index contributed by atoms with van der Waals surface area (Å²) in [7, 11) is 0. The Balaban J connectivity index is 1.56. The van der Waals surface area contributed by atoms with Crippen molar-refractivity contribution in [2.75, 3.05) is 26.2 Å². The lowest BCUT2D eigenvalue weighted by Gasteiger charge is -2.33. The summed E-state index contributed by atoms with van der Waals surface area (Å²) in [6.07, 6.45) is 4.25. The van der Waals surface area contributed by atoms with E-state index in [9.17, 15) is 9.59 Å². The molecule has 1 unspecified atom stereocenters. The molecular formula is C16H18N4O3. The lowest BCUT2D eigenvalue weighted by molar-refractivity contribution is -0.141. The van der Waals surface area contributed by atoms with E-state index in [2.05, 4.69) is 10.4 Å². The largest absolute Gasteiger partial charge is 0.361 e. The lowest BCUT2D eigenvalue weighted by atomic mass is 10.0. The number of ether oxygens (including phenoxy) is 1. The number of pyridine rings is 1. The van der Waals surface area contributed by atoms with E-state index in [0.29, 0.717) is 25.2 Å². The van der Waals surface area contributed by atoms with Gasteiger partial charge in [0, 0.05) is 19.3 Å². The Kier molecular flexibility index (Phi) is 3.12. The van der Waals surface area contributed by atoms with Gasteiger partial charge in [0.25, 0.3) is 5.91 Å². The van der Waals surface area contributed by atoms with Gasteiger partial charge in [-0.05, 0) is 25.0 Å². The first-order valence-electron chi connectivity index (χ1n) is 7.70. The van der Waals surface area contributed by atoms with Gasteiger partial charge in [-0.1, -0.05) is 6.07 Å². The van der Waals surface area contributed by atoms with E-state index in [0.717, 1.165) is 17.5 Å². The van der Waals surface area contributed by atoms with Gasteiger partial charge in [0.1, 0.15) is 12.2 Å². The summed E-state index contributed by atoms with van der Waals surface area (Å²) in [6.45, 7) is 3.64. The van der Waals surface area contributed by atoms with Crippen LogP contribution >= 0.6 is 0 Å². The Morgan fingerprint density at radius 3 is 3.09 bits per heavy atom. The maximum atomic E-state index is 12.8. The fourth-order valence-electron chi connectivity index (χ4n) is 3.28. The van der Waals surface area contributed by atoms with Gasteiger partial charge in [0.2, 0.25) is 5.91 Å². The minimum Gasteiger partial charge on any atom is -0.361 e. The van der Waals surface area contributed by atoms with E-state index in [1.165, 1.54) is 0 Å². The van der Waals surface area contributed by atoms with Crippen LogP contribution < -0.4 is 5.32 Å². The van der Waals surface area contributed by atoms with E-state index < -0.39 is 5.60 Å². The Bertz CT molecular complexity index is 788. The zero-order valence-electron chi connectivity index (χ0n) is 12.9. The van der Waals surface area contributed by atoms with E-state index in [1.807, 2.05) is 25.3 Å². The summed E-state index contributed by atoms with van der Waals surface area (Å²) in [5.74, 6) is -0.139. The molecule has 1 N–H and O–H groups in total. The van der Waals surface area contributed by atoms with E-state index in [-0.39, 0.29) is 18.4 Å². The van der Waals surface area contributed by atoms with Crippen molar-refractivity contribution in [2.24, 2.45) is 0 Å². The van der Waals surface area contributed by atoms with Gasteiger partial charge in [0.15, 0.2) is 0 Å². The summed E-state index contributed by atoms with van der Waals surface area (Å²) >= 11 is 0. The van der Waals surface area contributed by atoms with Crippen molar-refractivity contribution in [1.29, 1.82) is 0 Å². The van der Waals surface area contributed by atoms with Crippen LogP contribution in [0.2, 0.25) is 0 Å². The quantitative estimate of drug-likeness (QED) is 0.825. The van der Waals surface area contributed by atoms with Gasteiger partial charge in [-0.2, -0.15) is 5.10 Å². The molecule has 2 fully saturated rings. The number of hydrogen-bond acceptors (Lipinski definition) is 4. The molecule has 0 aromatic carbocycles. The maximum Gasteiger partial charge on any atom is 0.257 e. The van der Waals surface area contributed by atoms with Crippen molar-refractivity contribution < 1.29 is 14.3 Å². The molecule has 7 nitrogen and oxygen atoms in total. The summed E-state index contributed by atoms with van der Waals surface area (Å²) in [4.78, 5) is 25.9. The summed E-state index contributed by atoms with van der Waals surface area (Å²) in [5.41, 5.74) is 2.05. The zero-order chi connectivity index (χ0) is 16.0. The molecule has 120 valence electrons. The van der Waals surface area contributed by atoms with Gasteiger partial charge in [-0.15, -0.1) is 0 Å². The highest BCUT2D eigenvalue weighted by Gasteiger charge is 2.44. The molecule has 1 atom stereocenters. The number of rotatable bonds is 1. The second kappa shape index (κ2) is 5.06. The molecule has 2 aromatic heterocycles. The van der Waals surface area contributed by atoms with Gasteiger partial charge in [-0.3, -0.25) is 9.59 Å². The van der Waals surface area contributed by atoms with Crippen LogP contribution in [0, 0.1) is 6.92 Å². The predicted octanol–water partition coefficient (Wildman–Crippen LogP) is 0.374. The Morgan fingerprint density at radius 1 is 1.43 bits per heavy atom. The smallest absolute Gasteiger partial charge is 0.257 e. The third-order valence-electron chi connectivity index (χ3n) is 4.62. The highest BCUT2D eigenvalue weighted by atomic mass is 16.5. The highest BCUT2D eigenvalue weighted by molar-refractivity contribution is 6.00. The molecule has 1 spiro atoms. The first-order valence-corrected chi connectivity index (χ1v) is 7.70. The minimum atomic E-state index is -0.441. The third kappa shape index (κ3) is 2.37. The molecule has 2 aliphatic heterocycles. The Morgan fingerprint density at radius 2 is 2.30 bits per heavy atom. The average molecular weight is 314 g/mol. The molecule has 2 saturated heterocycles. The van der Waals surface area contributed by atoms with Crippen molar-refractivity contribution in [3.8, 4) is 0 Å². The van der Waals surface area contributed by atoms with Crippen LogP contribution in [0.3, 0.4) is 0 Å². The van der Waals surface area contributed by atoms with Crippen LogP contribution in [0.1, 0.15) is 22.3 Å². The summed E-state index contributed by atoms with van der Waals surface area (Å²) < 4.78 is 7.44. The molecule has 4 heterocycles. The number of likely N-dealkylation sites (tertiary alicyclic amines) is 1. The zero-order valence-corrected chi connectivity index (χ0v) is 12.9. The van der Waals surface area contributed by atoms with Crippen LogP contribution in [0.5, 0.6) is 0 Å². The van der Waals surface area contributed by atoms with Gasteiger partial charge in [0.05, 0.1) is 23.8 Å². The number of nitrogens with one attached hydrogen (secondary N) is 1. The van der Waals surface area contributed by atoms with E-state index >= 15 is 0 Å². The fourth-order valence-corrected chi connectivity index (χ4v) is 3.28. The van der Waals surface area contributed by atoms with E-state index in [1.54, 1.807) is 15.6 Å². The second-order valence-corrected chi connectivity index (χ2v) is 6.32. The van der Waals surface area contributed by atoms with E-state index in [4.69, 9.17) is 4.74 Å². The molecule has 2 aliphatic rings. The summed E-state index contributed by atoms with van der Waals surface area (Å²) in [6, 6.07) is 3.89. The highest BCUT2D eigenvalue weighted by Crippen LogP contribution is 2.28. The Hall–Kier alpha value is -2.41. The molecule has 0 aliphatic carbocycles. The van der Waals surface area contributed by atoms with Crippen molar-refractivity contribution >= 4 is 17.3 Å². The van der Waals surface area contributed by atoms with Crippen molar-refractivity contribution in [3.05, 3.63) is 35.7 Å². The number of aryl methyl sites for hydroxylation is 1. The Labute approximate surface area is 133 Å². The fraction of sp³-hybridized carbons (Fsp3) is 0.438. The normalized spacial score (nSPS) is 24.4. The molecule has 7 heteroatoms. The standard InChI is InChI=1S/C16H18N4O3/c1-11-2-3-13-12(6-18-20(13)7-11)15(22)19-5-4-16(10-19)9-17-14(21)8-23-16/h2-3,6-7H,4-5,8-10H2,1H3,(H,17,21). The monoisotopic (exact) mass is 314 g/mol. The molecule has 0 saturated carbocycles. The topological polar surface area (TPSA) is 75.9 Å². The number of aromatic nitrogens is 2. The molecule has 4 rings (SSSR count). The second-order valence-electron chi connectivity index (χ2n) is 6.32. The van der Waals surface area contributed by atoms with Gasteiger partial charge < -0.3 is 15.0 Å². The molecule has 0 bridgehead atoms. The van der Waals surface area contributed by atoms with Gasteiger partial charge >= 0.3 is 0 Å².